The van der Waals surface area contributed by atoms with Crippen LogP contribution >= 0.6 is 0 Å². The van der Waals surface area contributed by atoms with Gasteiger partial charge in [-0.2, -0.15) is 0 Å². The van der Waals surface area contributed by atoms with Gasteiger partial charge in [0.25, 0.3) is 0 Å². The standard InChI is InChI=1S/C19H25N3O/c1-19(2,3)16-4-6-17(7-5-16)22-18(23)10-13-21-14-15-8-11-20-12-9-15/h4-9,11-12,21H,10,13-14H2,1-3H3,(H,22,23). The monoisotopic (exact) mass is 311 g/mol. The molecular formula is C19H25N3O. The van der Waals surface area contributed by atoms with Crippen LogP contribution in [0, 0.1) is 0 Å². The number of nitrogens with one attached hydrogen (secondary N) is 2. The van der Waals surface area contributed by atoms with E-state index in [1.54, 1.807) is 12.4 Å². The van der Waals surface area contributed by atoms with E-state index in [4.69, 9.17) is 0 Å². The van der Waals surface area contributed by atoms with Gasteiger partial charge in [0.05, 0.1) is 0 Å². The molecule has 1 aromatic heterocycles. The number of rotatable bonds is 6. The Morgan fingerprint density at radius 2 is 1.70 bits per heavy atom. The Balaban J connectivity index is 1.72. The number of benzene rings is 1. The number of anilines is 1. The average molecular weight is 311 g/mol. The number of carbonyl (C=O) groups is 1. The zero-order valence-electron chi connectivity index (χ0n) is 14.1. The van der Waals surface area contributed by atoms with Crippen molar-refractivity contribution in [3.63, 3.8) is 0 Å². The predicted octanol–water partition coefficient (Wildman–Crippen LogP) is 3.50. The number of aromatic nitrogens is 1. The second-order valence-electron chi connectivity index (χ2n) is 6.66. The van der Waals surface area contributed by atoms with E-state index in [0.717, 1.165) is 17.8 Å². The van der Waals surface area contributed by atoms with Crippen molar-refractivity contribution in [3.05, 3.63) is 59.9 Å². The summed E-state index contributed by atoms with van der Waals surface area (Å²) in [6.07, 6.45) is 3.99. The third-order valence-corrected chi connectivity index (χ3v) is 3.64. The van der Waals surface area contributed by atoms with Crippen LogP contribution in [0.1, 0.15) is 38.3 Å². The molecule has 2 rings (SSSR count). The van der Waals surface area contributed by atoms with E-state index in [2.05, 4.69) is 48.5 Å². The molecule has 2 aromatic rings. The van der Waals surface area contributed by atoms with Gasteiger partial charge in [0, 0.05) is 37.6 Å². The van der Waals surface area contributed by atoms with Gasteiger partial charge in [0.1, 0.15) is 0 Å². The van der Waals surface area contributed by atoms with Crippen LogP contribution in [0.15, 0.2) is 48.8 Å². The highest BCUT2D eigenvalue weighted by Gasteiger charge is 2.13. The van der Waals surface area contributed by atoms with Crippen molar-refractivity contribution in [2.45, 2.75) is 39.2 Å². The molecule has 0 aliphatic heterocycles. The Bertz CT molecular complexity index is 615. The molecule has 1 heterocycles. The first-order valence-electron chi connectivity index (χ1n) is 7.95. The lowest BCUT2D eigenvalue weighted by atomic mass is 9.87. The van der Waals surface area contributed by atoms with Crippen molar-refractivity contribution >= 4 is 11.6 Å². The van der Waals surface area contributed by atoms with E-state index in [1.807, 2.05) is 24.3 Å². The van der Waals surface area contributed by atoms with Gasteiger partial charge in [-0.1, -0.05) is 32.9 Å². The fourth-order valence-electron chi connectivity index (χ4n) is 2.21. The number of amides is 1. The second kappa shape index (κ2) is 7.88. The molecule has 0 aliphatic carbocycles. The molecule has 0 fully saturated rings. The minimum Gasteiger partial charge on any atom is -0.326 e. The first kappa shape index (κ1) is 17.2. The minimum atomic E-state index is 0.0238. The lowest BCUT2D eigenvalue weighted by Gasteiger charge is -2.19. The highest BCUT2D eigenvalue weighted by molar-refractivity contribution is 5.90. The molecule has 4 heteroatoms. The molecule has 0 spiro atoms. The topological polar surface area (TPSA) is 54.0 Å². The van der Waals surface area contributed by atoms with Crippen molar-refractivity contribution in [1.29, 1.82) is 0 Å². The quantitative estimate of drug-likeness (QED) is 0.803. The predicted molar refractivity (Wildman–Crippen MR) is 94.3 cm³/mol. The van der Waals surface area contributed by atoms with Gasteiger partial charge in [0.15, 0.2) is 0 Å². The van der Waals surface area contributed by atoms with Crippen molar-refractivity contribution in [2.75, 3.05) is 11.9 Å². The van der Waals surface area contributed by atoms with Crippen LogP contribution in [0.2, 0.25) is 0 Å². The Hall–Kier alpha value is -2.20. The van der Waals surface area contributed by atoms with Crippen molar-refractivity contribution in [1.82, 2.24) is 10.3 Å². The van der Waals surface area contributed by atoms with Crippen molar-refractivity contribution in [2.24, 2.45) is 0 Å². The Morgan fingerprint density at radius 3 is 2.30 bits per heavy atom. The van der Waals surface area contributed by atoms with E-state index in [1.165, 1.54) is 5.56 Å². The maximum Gasteiger partial charge on any atom is 0.225 e. The third kappa shape index (κ3) is 5.83. The van der Waals surface area contributed by atoms with E-state index in [-0.39, 0.29) is 11.3 Å². The minimum absolute atomic E-state index is 0.0238. The normalized spacial score (nSPS) is 11.3. The van der Waals surface area contributed by atoms with Crippen LogP contribution in [0.5, 0.6) is 0 Å². The third-order valence-electron chi connectivity index (χ3n) is 3.64. The van der Waals surface area contributed by atoms with E-state index in [0.29, 0.717) is 13.0 Å². The van der Waals surface area contributed by atoms with Gasteiger partial charge in [-0.25, -0.2) is 0 Å². The molecule has 4 nitrogen and oxygen atoms in total. The lowest BCUT2D eigenvalue weighted by Crippen LogP contribution is -2.21. The van der Waals surface area contributed by atoms with Gasteiger partial charge in [-0.3, -0.25) is 9.78 Å². The average Bonchev–Trinajstić information content (AvgIpc) is 2.52. The summed E-state index contributed by atoms with van der Waals surface area (Å²) >= 11 is 0. The summed E-state index contributed by atoms with van der Waals surface area (Å²) in [5.41, 5.74) is 3.39. The molecule has 1 amide bonds. The van der Waals surface area contributed by atoms with Crippen LogP contribution in [-0.2, 0) is 16.8 Å². The molecule has 0 atom stereocenters. The molecule has 23 heavy (non-hydrogen) atoms. The fourth-order valence-corrected chi connectivity index (χ4v) is 2.21. The summed E-state index contributed by atoms with van der Waals surface area (Å²) in [5, 5.41) is 6.19. The highest BCUT2D eigenvalue weighted by Crippen LogP contribution is 2.23. The molecule has 0 radical (unpaired) electrons. The number of hydrogen-bond donors (Lipinski definition) is 2. The number of hydrogen-bond acceptors (Lipinski definition) is 3. The maximum absolute atomic E-state index is 11.9. The largest absolute Gasteiger partial charge is 0.326 e. The van der Waals surface area contributed by atoms with Crippen LogP contribution in [0.4, 0.5) is 5.69 Å². The van der Waals surface area contributed by atoms with E-state index < -0.39 is 0 Å². The van der Waals surface area contributed by atoms with Gasteiger partial charge < -0.3 is 10.6 Å². The van der Waals surface area contributed by atoms with Gasteiger partial charge >= 0.3 is 0 Å². The molecule has 0 saturated carbocycles. The Labute approximate surface area is 138 Å². The first-order valence-corrected chi connectivity index (χ1v) is 7.95. The molecule has 0 saturated heterocycles. The van der Waals surface area contributed by atoms with Crippen LogP contribution < -0.4 is 10.6 Å². The summed E-state index contributed by atoms with van der Waals surface area (Å²) in [7, 11) is 0. The zero-order chi connectivity index (χ0) is 16.7. The molecule has 0 unspecified atom stereocenters. The lowest BCUT2D eigenvalue weighted by molar-refractivity contribution is -0.116. The number of nitrogens with zero attached hydrogens (tertiary/aromatic N) is 1. The smallest absolute Gasteiger partial charge is 0.225 e. The van der Waals surface area contributed by atoms with Crippen molar-refractivity contribution in [3.8, 4) is 0 Å². The zero-order valence-corrected chi connectivity index (χ0v) is 14.1. The summed E-state index contributed by atoms with van der Waals surface area (Å²) in [5.74, 6) is 0.0238. The van der Waals surface area contributed by atoms with Crippen molar-refractivity contribution < 1.29 is 4.79 Å². The van der Waals surface area contributed by atoms with E-state index >= 15 is 0 Å². The highest BCUT2D eigenvalue weighted by atomic mass is 16.1. The van der Waals surface area contributed by atoms with Gasteiger partial charge in [-0.15, -0.1) is 0 Å². The Morgan fingerprint density at radius 1 is 1.04 bits per heavy atom. The fraction of sp³-hybridized carbons (Fsp3) is 0.368. The molecule has 2 N–H and O–H groups in total. The molecular weight excluding hydrogens is 286 g/mol. The second-order valence-corrected chi connectivity index (χ2v) is 6.66. The molecule has 0 bridgehead atoms. The maximum atomic E-state index is 11.9. The molecule has 122 valence electrons. The SMILES string of the molecule is CC(C)(C)c1ccc(NC(=O)CCNCc2ccncc2)cc1. The summed E-state index contributed by atoms with van der Waals surface area (Å²) in [4.78, 5) is 15.9. The number of pyridine rings is 1. The van der Waals surface area contributed by atoms with E-state index in [9.17, 15) is 4.79 Å². The number of carbonyl (C=O) groups excluding carboxylic acids is 1. The van der Waals surface area contributed by atoms with Crippen LogP contribution in [-0.4, -0.2) is 17.4 Å². The first-order chi connectivity index (χ1) is 10.9. The molecule has 0 aliphatic rings. The summed E-state index contributed by atoms with van der Waals surface area (Å²) in [6, 6.07) is 12.0. The van der Waals surface area contributed by atoms with Crippen LogP contribution in [0.3, 0.4) is 0 Å². The summed E-state index contributed by atoms with van der Waals surface area (Å²) < 4.78 is 0. The Kier molecular flexibility index (Phi) is 5.88. The van der Waals surface area contributed by atoms with Crippen LogP contribution in [0.25, 0.3) is 0 Å². The summed E-state index contributed by atoms with van der Waals surface area (Å²) in [6.45, 7) is 7.92. The molecule has 1 aromatic carbocycles. The van der Waals surface area contributed by atoms with Gasteiger partial charge in [0.2, 0.25) is 5.91 Å². The van der Waals surface area contributed by atoms with Gasteiger partial charge in [-0.05, 0) is 40.8 Å².